The fraction of sp³-hybridized carbons (Fsp3) is 0.462. The largest absolute Gasteiger partial charge is 0.504 e. The molecule has 19 heavy (non-hydrogen) atoms. The van der Waals surface area contributed by atoms with Crippen molar-refractivity contribution in [1.29, 1.82) is 0 Å². The van der Waals surface area contributed by atoms with Crippen molar-refractivity contribution in [2.24, 2.45) is 0 Å². The second-order valence-electron chi connectivity index (χ2n) is 4.36. The Morgan fingerprint density at radius 1 is 1.26 bits per heavy atom. The van der Waals surface area contributed by atoms with Gasteiger partial charge in [-0.2, -0.15) is 0 Å². The SMILES string of the molecule is [NH3+]CCC[NH2+]CCCNC(=O)c1cccc(O)c1O. The Balaban J connectivity index is 2.26. The first-order valence-electron chi connectivity index (χ1n) is 6.57. The van der Waals surface area contributed by atoms with Crippen LogP contribution < -0.4 is 16.4 Å². The molecule has 0 aromatic heterocycles. The van der Waals surface area contributed by atoms with E-state index in [1.165, 1.54) is 18.2 Å². The third kappa shape index (κ3) is 5.15. The third-order valence-corrected chi connectivity index (χ3v) is 2.79. The molecular weight excluding hydrogens is 246 g/mol. The van der Waals surface area contributed by atoms with E-state index in [4.69, 9.17) is 0 Å². The highest BCUT2D eigenvalue weighted by Gasteiger charge is 2.12. The van der Waals surface area contributed by atoms with Crippen LogP contribution in [0.5, 0.6) is 11.5 Å². The maximum Gasteiger partial charge on any atom is 0.255 e. The monoisotopic (exact) mass is 269 g/mol. The standard InChI is InChI=1S/C13H21N3O3/c14-6-2-7-15-8-3-9-16-13(19)10-4-1-5-11(17)12(10)18/h1,4-5,15,17-18H,2-3,6-9,14H2,(H,16,19)/p+2. The summed E-state index contributed by atoms with van der Waals surface area (Å²) in [6.07, 6.45) is 1.96. The van der Waals surface area contributed by atoms with Crippen molar-refractivity contribution < 1.29 is 26.1 Å². The van der Waals surface area contributed by atoms with E-state index in [-0.39, 0.29) is 23.0 Å². The molecule has 0 heterocycles. The van der Waals surface area contributed by atoms with Crippen molar-refractivity contribution in [2.45, 2.75) is 12.8 Å². The number of quaternary nitrogens is 2. The van der Waals surface area contributed by atoms with E-state index in [1.54, 1.807) is 0 Å². The lowest BCUT2D eigenvalue weighted by Gasteiger charge is -2.07. The first-order chi connectivity index (χ1) is 9.16. The van der Waals surface area contributed by atoms with E-state index in [1.807, 2.05) is 0 Å². The number of aromatic hydroxyl groups is 2. The maximum absolute atomic E-state index is 11.8. The highest BCUT2D eigenvalue weighted by Crippen LogP contribution is 2.27. The van der Waals surface area contributed by atoms with Crippen LogP contribution in [0.3, 0.4) is 0 Å². The number of carbonyl (C=O) groups is 1. The van der Waals surface area contributed by atoms with Gasteiger partial charge in [0.1, 0.15) is 0 Å². The number of para-hydroxylation sites is 1. The minimum Gasteiger partial charge on any atom is -0.504 e. The molecule has 0 fully saturated rings. The van der Waals surface area contributed by atoms with Gasteiger partial charge >= 0.3 is 0 Å². The molecule has 6 heteroatoms. The van der Waals surface area contributed by atoms with E-state index in [0.29, 0.717) is 6.54 Å². The van der Waals surface area contributed by atoms with Crippen molar-refractivity contribution in [3.05, 3.63) is 23.8 Å². The van der Waals surface area contributed by atoms with E-state index in [0.717, 1.165) is 32.5 Å². The first kappa shape index (κ1) is 15.3. The first-order valence-corrected chi connectivity index (χ1v) is 6.57. The molecule has 0 unspecified atom stereocenters. The molecule has 0 radical (unpaired) electrons. The summed E-state index contributed by atoms with van der Waals surface area (Å²) in [5.41, 5.74) is 3.87. The molecule has 1 amide bonds. The van der Waals surface area contributed by atoms with Crippen molar-refractivity contribution in [1.82, 2.24) is 5.32 Å². The number of hydrogen-bond acceptors (Lipinski definition) is 3. The van der Waals surface area contributed by atoms with Crippen LogP contribution in [0.1, 0.15) is 23.2 Å². The zero-order chi connectivity index (χ0) is 14.1. The number of rotatable bonds is 8. The summed E-state index contributed by atoms with van der Waals surface area (Å²) in [5, 5.41) is 23.8. The Hall–Kier alpha value is -1.79. The van der Waals surface area contributed by atoms with Gasteiger partial charge in [-0.25, -0.2) is 0 Å². The number of phenols is 2. The molecule has 8 N–H and O–H groups in total. The molecule has 6 nitrogen and oxygen atoms in total. The molecule has 0 aliphatic rings. The Kier molecular flexibility index (Phi) is 6.70. The van der Waals surface area contributed by atoms with Crippen molar-refractivity contribution >= 4 is 5.91 Å². The topological polar surface area (TPSA) is 114 Å². The van der Waals surface area contributed by atoms with Gasteiger partial charge in [0, 0.05) is 19.4 Å². The predicted molar refractivity (Wildman–Crippen MR) is 70.8 cm³/mol. The molecule has 106 valence electrons. The Morgan fingerprint density at radius 2 is 2.00 bits per heavy atom. The third-order valence-electron chi connectivity index (χ3n) is 2.79. The predicted octanol–water partition coefficient (Wildman–Crippen LogP) is -1.59. The Bertz CT molecular complexity index is 410. The van der Waals surface area contributed by atoms with Crippen LogP contribution in [0.15, 0.2) is 18.2 Å². The normalized spacial score (nSPS) is 10.4. The van der Waals surface area contributed by atoms with Crippen LogP contribution in [0, 0.1) is 0 Å². The molecule has 0 aliphatic carbocycles. The smallest absolute Gasteiger partial charge is 0.255 e. The zero-order valence-electron chi connectivity index (χ0n) is 11.1. The lowest BCUT2D eigenvalue weighted by Crippen LogP contribution is -2.85. The van der Waals surface area contributed by atoms with Crippen LogP contribution >= 0.6 is 0 Å². The van der Waals surface area contributed by atoms with Gasteiger partial charge in [0.2, 0.25) is 0 Å². The van der Waals surface area contributed by atoms with Gasteiger partial charge in [0.05, 0.1) is 25.2 Å². The summed E-state index contributed by atoms with van der Waals surface area (Å²) in [7, 11) is 0. The van der Waals surface area contributed by atoms with Crippen LogP contribution in [-0.2, 0) is 0 Å². The zero-order valence-corrected chi connectivity index (χ0v) is 11.1. The molecule has 0 aliphatic heterocycles. The molecule has 0 atom stereocenters. The number of amides is 1. The lowest BCUT2D eigenvalue weighted by molar-refractivity contribution is -0.657. The minimum absolute atomic E-state index is 0.0982. The van der Waals surface area contributed by atoms with Crippen molar-refractivity contribution in [3.63, 3.8) is 0 Å². The summed E-state index contributed by atoms with van der Waals surface area (Å²) in [5.74, 6) is -1.03. The summed E-state index contributed by atoms with van der Waals surface area (Å²) in [6.45, 7) is 3.51. The summed E-state index contributed by atoms with van der Waals surface area (Å²) in [6, 6.07) is 4.34. The van der Waals surface area contributed by atoms with Crippen LogP contribution in [0.4, 0.5) is 0 Å². The highest BCUT2D eigenvalue weighted by molar-refractivity contribution is 5.97. The van der Waals surface area contributed by atoms with E-state index in [2.05, 4.69) is 16.4 Å². The molecule has 1 aromatic rings. The average molecular weight is 269 g/mol. The number of benzene rings is 1. The van der Waals surface area contributed by atoms with Gasteiger partial charge in [0.25, 0.3) is 5.91 Å². The number of nitrogens with one attached hydrogen (secondary N) is 1. The summed E-state index contributed by atoms with van der Waals surface area (Å²) < 4.78 is 0. The van der Waals surface area contributed by atoms with Gasteiger partial charge in [-0.3, -0.25) is 4.79 Å². The molecule has 1 aromatic carbocycles. The van der Waals surface area contributed by atoms with Gasteiger partial charge < -0.3 is 26.6 Å². The summed E-state index contributed by atoms with van der Waals surface area (Å²) in [4.78, 5) is 11.8. The van der Waals surface area contributed by atoms with E-state index >= 15 is 0 Å². The van der Waals surface area contributed by atoms with E-state index in [9.17, 15) is 15.0 Å². The molecule has 0 saturated heterocycles. The minimum atomic E-state index is -0.373. The average Bonchev–Trinajstić information content (AvgIpc) is 2.40. The van der Waals surface area contributed by atoms with E-state index < -0.39 is 0 Å². The fourth-order valence-electron chi connectivity index (χ4n) is 1.69. The maximum atomic E-state index is 11.8. The second-order valence-corrected chi connectivity index (χ2v) is 4.36. The number of carbonyl (C=O) groups excluding carboxylic acids is 1. The molecule has 0 spiro atoms. The molecular formula is C13H23N3O3+2. The number of hydrogen-bond donors (Lipinski definition) is 5. The van der Waals surface area contributed by atoms with Crippen LogP contribution in [0.25, 0.3) is 0 Å². The molecule has 0 saturated carbocycles. The Labute approximate surface area is 112 Å². The lowest BCUT2D eigenvalue weighted by atomic mass is 10.1. The number of nitrogens with two attached hydrogens (primary N) is 1. The van der Waals surface area contributed by atoms with Gasteiger partial charge in [-0.1, -0.05) is 6.07 Å². The van der Waals surface area contributed by atoms with Gasteiger partial charge in [-0.15, -0.1) is 0 Å². The Morgan fingerprint density at radius 3 is 2.74 bits per heavy atom. The van der Waals surface area contributed by atoms with Gasteiger partial charge in [0.15, 0.2) is 11.5 Å². The second kappa shape index (κ2) is 8.34. The van der Waals surface area contributed by atoms with Crippen LogP contribution in [-0.4, -0.2) is 42.3 Å². The highest BCUT2D eigenvalue weighted by atomic mass is 16.3. The van der Waals surface area contributed by atoms with Crippen molar-refractivity contribution in [2.75, 3.05) is 26.2 Å². The fourth-order valence-corrected chi connectivity index (χ4v) is 1.69. The molecule has 0 bridgehead atoms. The summed E-state index contributed by atoms with van der Waals surface area (Å²) >= 11 is 0. The van der Waals surface area contributed by atoms with Crippen LogP contribution in [0.2, 0.25) is 0 Å². The van der Waals surface area contributed by atoms with Gasteiger partial charge in [-0.05, 0) is 12.1 Å². The quantitative estimate of drug-likeness (QED) is 0.290. The van der Waals surface area contributed by atoms with Crippen molar-refractivity contribution in [3.8, 4) is 11.5 Å². The number of phenolic OH excluding ortho intramolecular Hbond substituents is 2. The molecule has 1 rings (SSSR count).